The second kappa shape index (κ2) is 5.32. The van der Waals surface area contributed by atoms with Gasteiger partial charge in [0.15, 0.2) is 5.13 Å². The summed E-state index contributed by atoms with van der Waals surface area (Å²) in [6, 6.07) is 1.88. The van der Waals surface area contributed by atoms with Crippen molar-refractivity contribution in [1.29, 1.82) is 0 Å². The molecule has 0 fully saturated rings. The number of amides is 1. The van der Waals surface area contributed by atoms with Crippen LogP contribution in [0.3, 0.4) is 0 Å². The molecule has 3 N–H and O–H groups in total. The smallest absolute Gasteiger partial charge is 0.253 e. The predicted molar refractivity (Wildman–Crippen MR) is 72.3 cm³/mol. The maximum absolute atomic E-state index is 12.0. The Balaban J connectivity index is 2.35. The number of nitrogens with one attached hydrogen (secondary N) is 1. The molecular formula is C12H16N4OS. The third-order valence-electron chi connectivity index (χ3n) is 2.72. The summed E-state index contributed by atoms with van der Waals surface area (Å²) < 4.78 is 1.99. The van der Waals surface area contributed by atoms with Gasteiger partial charge in [-0.2, -0.15) is 0 Å². The molecule has 0 bridgehead atoms. The van der Waals surface area contributed by atoms with Crippen LogP contribution in [0, 0.1) is 13.8 Å². The van der Waals surface area contributed by atoms with Gasteiger partial charge < -0.3 is 11.1 Å². The SMILES string of the molecule is Cc1cc(C(=O)NCCN)c(C)n1-c1nccs1. The van der Waals surface area contributed by atoms with Gasteiger partial charge in [-0.25, -0.2) is 4.98 Å². The summed E-state index contributed by atoms with van der Waals surface area (Å²) in [7, 11) is 0. The van der Waals surface area contributed by atoms with Gasteiger partial charge >= 0.3 is 0 Å². The Labute approximate surface area is 110 Å². The molecule has 0 radical (unpaired) electrons. The highest BCUT2D eigenvalue weighted by Crippen LogP contribution is 2.21. The molecule has 96 valence electrons. The number of nitrogens with two attached hydrogens (primary N) is 1. The third kappa shape index (κ3) is 2.30. The van der Waals surface area contributed by atoms with E-state index in [1.807, 2.05) is 29.9 Å². The van der Waals surface area contributed by atoms with E-state index in [0.29, 0.717) is 18.7 Å². The minimum absolute atomic E-state index is 0.0867. The van der Waals surface area contributed by atoms with Gasteiger partial charge in [-0.15, -0.1) is 11.3 Å². The first-order valence-electron chi connectivity index (χ1n) is 5.72. The van der Waals surface area contributed by atoms with Crippen LogP contribution in [0.4, 0.5) is 0 Å². The summed E-state index contributed by atoms with van der Waals surface area (Å²) in [5.74, 6) is -0.0867. The first kappa shape index (κ1) is 12.8. The predicted octanol–water partition coefficient (Wildman–Crippen LogP) is 1.24. The van der Waals surface area contributed by atoms with Crippen molar-refractivity contribution in [3.8, 4) is 5.13 Å². The molecule has 6 heteroatoms. The third-order valence-corrected chi connectivity index (χ3v) is 3.47. The van der Waals surface area contributed by atoms with Crippen molar-refractivity contribution >= 4 is 17.2 Å². The molecule has 2 aromatic rings. The summed E-state index contributed by atoms with van der Waals surface area (Å²) >= 11 is 1.55. The van der Waals surface area contributed by atoms with Crippen LogP contribution in [0.5, 0.6) is 0 Å². The van der Waals surface area contributed by atoms with Gasteiger partial charge in [0.1, 0.15) is 0 Å². The summed E-state index contributed by atoms with van der Waals surface area (Å²) in [5, 5.41) is 5.58. The molecule has 0 saturated carbocycles. The monoisotopic (exact) mass is 264 g/mol. The van der Waals surface area contributed by atoms with Crippen LogP contribution in [-0.4, -0.2) is 28.5 Å². The molecule has 0 spiro atoms. The van der Waals surface area contributed by atoms with Gasteiger partial charge in [0.05, 0.1) is 5.56 Å². The molecule has 0 aliphatic rings. The second-order valence-corrected chi connectivity index (χ2v) is 4.85. The Kier molecular flexibility index (Phi) is 3.78. The number of thiazole rings is 1. The maximum Gasteiger partial charge on any atom is 0.253 e. The Morgan fingerprint density at radius 2 is 2.33 bits per heavy atom. The number of aromatic nitrogens is 2. The zero-order chi connectivity index (χ0) is 13.1. The van der Waals surface area contributed by atoms with Crippen LogP contribution in [0.2, 0.25) is 0 Å². The Morgan fingerprint density at radius 3 is 2.94 bits per heavy atom. The van der Waals surface area contributed by atoms with Crippen molar-refractivity contribution in [2.45, 2.75) is 13.8 Å². The molecule has 18 heavy (non-hydrogen) atoms. The summed E-state index contributed by atoms with van der Waals surface area (Å²) in [4.78, 5) is 16.2. The number of carbonyl (C=O) groups excluding carboxylic acids is 1. The highest BCUT2D eigenvalue weighted by Gasteiger charge is 2.17. The lowest BCUT2D eigenvalue weighted by Gasteiger charge is -2.06. The normalized spacial score (nSPS) is 10.6. The quantitative estimate of drug-likeness (QED) is 0.872. The lowest BCUT2D eigenvalue weighted by atomic mass is 10.2. The maximum atomic E-state index is 12.0. The summed E-state index contributed by atoms with van der Waals surface area (Å²) in [6.45, 7) is 4.82. The highest BCUT2D eigenvalue weighted by atomic mass is 32.1. The van der Waals surface area contributed by atoms with Gasteiger partial charge in [0.2, 0.25) is 0 Å². The number of nitrogens with zero attached hydrogens (tertiary/aromatic N) is 2. The number of rotatable bonds is 4. The van der Waals surface area contributed by atoms with E-state index in [-0.39, 0.29) is 5.91 Å². The molecule has 1 amide bonds. The minimum Gasteiger partial charge on any atom is -0.351 e. The van der Waals surface area contributed by atoms with E-state index in [0.717, 1.165) is 16.5 Å². The van der Waals surface area contributed by atoms with Crippen LogP contribution in [0.1, 0.15) is 21.7 Å². The first-order chi connectivity index (χ1) is 8.65. The van der Waals surface area contributed by atoms with Gasteiger partial charge in [0.25, 0.3) is 5.91 Å². The molecule has 2 aromatic heterocycles. The molecule has 0 saturated heterocycles. The molecular weight excluding hydrogens is 248 g/mol. The fourth-order valence-corrected chi connectivity index (χ4v) is 2.65. The Hall–Kier alpha value is -1.66. The van der Waals surface area contributed by atoms with E-state index in [2.05, 4.69) is 10.3 Å². The van der Waals surface area contributed by atoms with Crippen molar-refractivity contribution < 1.29 is 4.79 Å². The topological polar surface area (TPSA) is 72.9 Å². The van der Waals surface area contributed by atoms with Crippen molar-refractivity contribution in [3.63, 3.8) is 0 Å². The number of hydrogen-bond acceptors (Lipinski definition) is 4. The van der Waals surface area contributed by atoms with E-state index < -0.39 is 0 Å². The lowest BCUT2D eigenvalue weighted by Crippen LogP contribution is -2.29. The molecule has 2 rings (SSSR count). The van der Waals surface area contributed by atoms with Crippen molar-refractivity contribution in [1.82, 2.24) is 14.9 Å². The summed E-state index contributed by atoms with van der Waals surface area (Å²) in [6.07, 6.45) is 1.76. The average molecular weight is 264 g/mol. The number of hydrogen-bond donors (Lipinski definition) is 2. The Morgan fingerprint density at radius 1 is 1.56 bits per heavy atom. The van der Waals surface area contributed by atoms with Gasteiger partial charge in [-0.1, -0.05) is 0 Å². The second-order valence-electron chi connectivity index (χ2n) is 3.98. The standard InChI is InChI=1S/C12H16N4OS/c1-8-7-10(11(17)14-4-3-13)9(2)16(8)12-15-5-6-18-12/h5-7H,3-4,13H2,1-2H3,(H,14,17). The number of carbonyl (C=O) groups is 1. The van der Waals surface area contributed by atoms with Crippen molar-refractivity contribution in [2.75, 3.05) is 13.1 Å². The van der Waals surface area contributed by atoms with Crippen LogP contribution in [0.25, 0.3) is 5.13 Å². The van der Waals surface area contributed by atoms with E-state index in [1.54, 1.807) is 17.5 Å². The van der Waals surface area contributed by atoms with Gasteiger partial charge in [-0.3, -0.25) is 9.36 Å². The van der Waals surface area contributed by atoms with E-state index in [4.69, 9.17) is 5.73 Å². The van der Waals surface area contributed by atoms with E-state index in [9.17, 15) is 4.79 Å². The van der Waals surface area contributed by atoms with Crippen LogP contribution in [0.15, 0.2) is 17.6 Å². The molecule has 0 aromatic carbocycles. The lowest BCUT2D eigenvalue weighted by molar-refractivity contribution is 0.0954. The van der Waals surface area contributed by atoms with E-state index in [1.165, 1.54) is 0 Å². The fourth-order valence-electron chi connectivity index (χ4n) is 1.89. The fraction of sp³-hybridized carbons (Fsp3) is 0.333. The highest BCUT2D eigenvalue weighted by molar-refractivity contribution is 7.12. The average Bonchev–Trinajstić information content (AvgIpc) is 2.94. The molecule has 5 nitrogen and oxygen atoms in total. The Bertz CT molecular complexity index is 545. The first-order valence-corrected chi connectivity index (χ1v) is 6.60. The van der Waals surface area contributed by atoms with Crippen LogP contribution >= 0.6 is 11.3 Å². The largest absolute Gasteiger partial charge is 0.351 e. The molecule has 0 aliphatic heterocycles. The molecule has 0 aliphatic carbocycles. The zero-order valence-corrected chi connectivity index (χ0v) is 11.3. The minimum atomic E-state index is -0.0867. The van der Waals surface area contributed by atoms with Gasteiger partial charge in [-0.05, 0) is 19.9 Å². The van der Waals surface area contributed by atoms with Crippen LogP contribution in [-0.2, 0) is 0 Å². The molecule has 2 heterocycles. The van der Waals surface area contributed by atoms with E-state index >= 15 is 0 Å². The molecule has 0 atom stereocenters. The van der Waals surface area contributed by atoms with Gasteiger partial charge in [0, 0.05) is 36.1 Å². The zero-order valence-electron chi connectivity index (χ0n) is 10.4. The number of aryl methyl sites for hydroxylation is 1. The molecule has 0 unspecified atom stereocenters. The summed E-state index contributed by atoms with van der Waals surface area (Å²) in [5.41, 5.74) is 7.95. The van der Waals surface area contributed by atoms with Crippen LogP contribution < -0.4 is 11.1 Å². The van der Waals surface area contributed by atoms with Crippen molar-refractivity contribution in [3.05, 3.63) is 34.6 Å². The van der Waals surface area contributed by atoms with Crippen molar-refractivity contribution in [2.24, 2.45) is 5.73 Å².